The van der Waals surface area contributed by atoms with Gasteiger partial charge < -0.3 is 14.2 Å². The van der Waals surface area contributed by atoms with Crippen molar-refractivity contribution < 1.29 is 19.0 Å². The van der Waals surface area contributed by atoms with Crippen molar-refractivity contribution in [1.29, 1.82) is 0 Å². The molecule has 0 radical (unpaired) electrons. The topological polar surface area (TPSA) is 69.2 Å². The van der Waals surface area contributed by atoms with Gasteiger partial charge in [-0.3, -0.25) is 4.79 Å². The third-order valence-corrected chi connectivity index (χ3v) is 4.29. The van der Waals surface area contributed by atoms with Gasteiger partial charge in [-0.1, -0.05) is 0 Å². The molecule has 0 aromatic heterocycles. The molecule has 0 heterocycles. The number of nitrogens with zero attached hydrogens (tertiary/aromatic N) is 1. The second kappa shape index (κ2) is 10.9. The normalized spacial score (nSPS) is 10.9. The summed E-state index contributed by atoms with van der Waals surface area (Å²) in [7, 11) is 0. The van der Waals surface area contributed by atoms with E-state index in [1.165, 1.54) is 0 Å². The van der Waals surface area contributed by atoms with Crippen LogP contribution in [0.1, 0.15) is 43.6 Å². The zero-order chi connectivity index (χ0) is 20.5. The maximum Gasteiger partial charge on any atom is 0.271 e. The van der Waals surface area contributed by atoms with E-state index in [9.17, 15) is 4.79 Å². The number of ether oxygens (including phenoxy) is 3. The second-order valence-electron chi connectivity index (χ2n) is 6.09. The summed E-state index contributed by atoms with van der Waals surface area (Å²) in [5.41, 5.74) is 3.84. The Hall–Kier alpha value is -2.29. The fourth-order valence-electron chi connectivity index (χ4n) is 2.37. The van der Waals surface area contributed by atoms with Gasteiger partial charge in [0.05, 0.1) is 29.1 Å². The molecule has 0 aliphatic carbocycles. The Balaban J connectivity index is 2.09. The lowest BCUT2D eigenvalue weighted by molar-refractivity contribution is 0.0955. The van der Waals surface area contributed by atoms with E-state index in [0.717, 1.165) is 14.9 Å². The standard InChI is InChI=1S/C21H25IN2O4/c1-5-26-17-9-7-16(8-10-17)21(25)24-23-13-15-11-18(22)20(28-14(3)4)19(12-15)27-6-2/h7-14H,5-6H2,1-4H3,(H,24,25)/b23-13-. The molecule has 0 aliphatic heterocycles. The molecule has 0 spiro atoms. The van der Waals surface area contributed by atoms with Crippen molar-refractivity contribution in [2.75, 3.05) is 13.2 Å². The fourth-order valence-corrected chi connectivity index (χ4v) is 3.13. The van der Waals surface area contributed by atoms with E-state index in [0.29, 0.717) is 30.3 Å². The highest BCUT2D eigenvalue weighted by Gasteiger charge is 2.13. The molecule has 0 saturated heterocycles. The van der Waals surface area contributed by atoms with Crippen molar-refractivity contribution in [3.8, 4) is 17.2 Å². The molecular weight excluding hydrogens is 471 g/mol. The van der Waals surface area contributed by atoms with Crippen LogP contribution in [0.5, 0.6) is 17.2 Å². The summed E-state index contributed by atoms with van der Waals surface area (Å²) < 4.78 is 17.8. The van der Waals surface area contributed by atoms with Crippen LogP contribution >= 0.6 is 22.6 Å². The minimum absolute atomic E-state index is 0.0423. The Morgan fingerprint density at radius 3 is 2.43 bits per heavy atom. The van der Waals surface area contributed by atoms with Crippen molar-refractivity contribution in [2.45, 2.75) is 33.8 Å². The Morgan fingerprint density at radius 1 is 1.14 bits per heavy atom. The number of benzene rings is 2. The lowest BCUT2D eigenvalue weighted by Gasteiger charge is -2.16. The number of halogens is 1. The van der Waals surface area contributed by atoms with Crippen LogP contribution in [-0.2, 0) is 0 Å². The molecule has 0 saturated carbocycles. The first-order valence-electron chi connectivity index (χ1n) is 9.13. The van der Waals surface area contributed by atoms with Crippen LogP contribution in [-0.4, -0.2) is 31.4 Å². The van der Waals surface area contributed by atoms with Crippen molar-refractivity contribution in [3.63, 3.8) is 0 Å². The second-order valence-corrected chi connectivity index (χ2v) is 7.25. The van der Waals surface area contributed by atoms with Gasteiger partial charge in [0, 0.05) is 5.56 Å². The Bertz CT molecular complexity index is 820. The summed E-state index contributed by atoms with van der Waals surface area (Å²) >= 11 is 2.20. The fraction of sp³-hybridized carbons (Fsp3) is 0.333. The van der Waals surface area contributed by atoms with Gasteiger partial charge in [-0.05, 0) is 92.2 Å². The summed E-state index contributed by atoms with van der Waals surface area (Å²) in [4.78, 5) is 12.2. The van der Waals surface area contributed by atoms with Crippen LogP contribution in [0.4, 0.5) is 0 Å². The van der Waals surface area contributed by atoms with Gasteiger partial charge in [-0.25, -0.2) is 5.43 Å². The number of amides is 1. The SMILES string of the molecule is CCOc1ccc(C(=O)N/N=C\c2cc(I)c(OC(C)C)c(OCC)c2)cc1. The molecule has 2 aromatic rings. The third kappa shape index (κ3) is 6.40. The van der Waals surface area contributed by atoms with E-state index in [-0.39, 0.29) is 12.0 Å². The highest BCUT2D eigenvalue weighted by molar-refractivity contribution is 14.1. The van der Waals surface area contributed by atoms with Crippen LogP contribution in [0.2, 0.25) is 0 Å². The van der Waals surface area contributed by atoms with E-state index in [2.05, 4.69) is 33.1 Å². The van der Waals surface area contributed by atoms with Crippen LogP contribution < -0.4 is 19.6 Å². The summed E-state index contributed by atoms with van der Waals surface area (Å²) in [6, 6.07) is 10.7. The molecule has 150 valence electrons. The predicted octanol–water partition coefficient (Wildman–Crippen LogP) is 4.64. The average molecular weight is 496 g/mol. The van der Waals surface area contributed by atoms with Gasteiger partial charge in [0.1, 0.15) is 5.75 Å². The summed E-state index contributed by atoms with van der Waals surface area (Å²) in [5.74, 6) is 1.80. The van der Waals surface area contributed by atoms with Crippen LogP contribution in [0.3, 0.4) is 0 Å². The van der Waals surface area contributed by atoms with Gasteiger partial charge in [0.2, 0.25) is 0 Å². The molecule has 1 N–H and O–H groups in total. The molecule has 6 nitrogen and oxygen atoms in total. The lowest BCUT2D eigenvalue weighted by Crippen LogP contribution is -2.17. The number of carbonyl (C=O) groups is 1. The van der Waals surface area contributed by atoms with E-state index < -0.39 is 0 Å². The van der Waals surface area contributed by atoms with Gasteiger partial charge in [0.15, 0.2) is 11.5 Å². The van der Waals surface area contributed by atoms with Crippen molar-refractivity contribution >= 4 is 34.7 Å². The first kappa shape index (κ1) is 22.0. The average Bonchev–Trinajstić information content (AvgIpc) is 2.65. The van der Waals surface area contributed by atoms with Crippen molar-refractivity contribution in [3.05, 3.63) is 51.1 Å². The Morgan fingerprint density at radius 2 is 1.82 bits per heavy atom. The summed E-state index contributed by atoms with van der Waals surface area (Å²) in [6.45, 7) is 8.88. The molecule has 2 rings (SSSR count). The zero-order valence-corrected chi connectivity index (χ0v) is 18.6. The first-order valence-corrected chi connectivity index (χ1v) is 10.2. The van der Waals surface area contributed by atoms with Crippen LogP contribution in [0.25, 0.3) is 0 Å². The number of hydrogen-bond acceptors (Lipinski definition) is 5. The highest BCUT2D eigenvalue weighted by atomic mass is 127. The number of hydrazone groups is 1. The van der Waals surface area contributed by atoms with E-state index in [1.54, 1.807) is 30.5 Å². The first-order chi connectivity index (χ1) is 13.4. The lowest BCUT2D eigenvalue weighted by atomic mass is 10.2. The van der Waals surface area contributed by atoms with E-state index in [4.69, 9.17) is 14.2 Å². The molecule has 7 heteroatoms. The maximum atomic E-state index is 12.2. The van der Waals surface area contributed by atoms with Gasteiger partial charge in [0.25, 0.3) is 5.91 Å². The molecule has 0 aliphatic rings. The summed E-state index contributed by atoms with van der Waals surface area (Å²) in [5, 5.41) is 4.05. The Kier molecular flexibility index (Phi) is 8.56. The monoisotopic (exact) mass is 496 g/mol. The third-order valence-electron chi connectivity index (χ3n) is 3.49. The molecule has 1 amide bonds. The van der Waals surface area contributed by atoms with E-state index in [1.807, 2.05) is 39.8 Å². The number of rotatable bonds is 9. The smallest absolute Gasteiger partial charge is 0.271 e. The molecule has 0 fully saturated rings. The molecule has 28 heavy (non-hydrogen) atoms. The quantitative estimate of drug-likeness (QED) is 0.312. The predicted molar refractivity (Wildman–Crippen MR) is 119 cm³/mol. The van der Waals surface area contributed by atoms with Gasteiger partial charge >= 0.3 is 0 Å². The number of nitrogens with one attached hydrogen (secondary N) is 1. The Labute approximate surface area is 179 Å². The maximum absolute atomic E-state index is 12.2. The van der Waals surface area contributed by atoms with Gasteiger partial charge in [-0.15, -0.1) is 0 Å². The minimum Gasteiger partial charge on any atom is -0.494 e. The molecule has 0 atom stereocenters. The largest absolute Gasteiger partial charge is 0.494 e. The molecular formula is C21H25IN2O4. The van der Waals surface area contributed by atoms with Crippen molar-refractivity contribution in [2.24, 2.45) is 5.10 Å². The highest BCUT2D eigenvalue weighted by Crippen LogP contribution is 2.34. The molecule has 0 unspecified atom stereocenters. The van der Waals surface area contributed by atoms with Crippen molar-refractivity contribution in [1.82, 2.24) is 5.43 Å². The zero-order valence-electron chi connectivity index (χ0n) is 16.5. The molecule has 2 aromatic carbocycles. The van der Waals surface area contributed by atoms with Crippen LogP contribution in [0, 0.1) is 3.57 Å². The molecule has 0 bridgehead atoms. The van der Waals surface area contributed by atoms with E-state index >= 15 is 0 Å². The minimum atomic E-state index is -0.293. The summed E-state index contributed by atoms with van der Waals surface area (Å²) in [6.07, 6.45) is 1.62. The van der Waals surface area contributed by atoms with Crippen LogP contribution in [0.15, 0.2) is 41.5 Å². The number of hydrogen-bond donors (Lipinski definition) is 1. The number of carbonyl (C=O) groups excluding carboxylic acids is 1. The van der Waals surface area contributed by atoms with Gasteiger partial charge in [-0.2, -0.15) is 5.10 Å².